The highest BCUT2D eigenvalue weighted by Crippen LogP contribution is 2.53. The van der Waals surface area contributed by atoms with Gasteiger partial charge < -0.3 is 9.80 Å². The first kappa shape index (κ1) is 15.1. The predicted octanol–water partition coefficient (Wildman–Crippen LogP) is 2.54. The van der Waals surface area contributed by atoms with Crippen molar-refractivity contribution >= 4 is 23.2 Å². The van der Waals surface area contributed by atoms with Crippen LogP contribution in [0, 0.1) is 5.41 Å². The van der Waals surface area contributed by atoms with Gasteiger partial charge in [-0.05, 0) is 19.3 Å². The minimum Gasteiger partial charge on any atom is -0.335 e. The van der Waals surface area contributed by atoms with Crippen LogP contribution in [0.2, 0.25) is 0 Å². The molecule has 1 saturated carbocycles. The zero-order chi connectivity index (χ0) is 16.2. The van der Waals surface area contributed by atoms with E-state index in [1.807, 2.05) is 0 Å². The number of thiazole rings is 1. The molecule has 2 aliphatic heterocycles. The fourth-order valence-corrected chi connectivity index (χ4v) is 5.90. The number of carbonyl (C=O) groups excluding carboxylic acids is 2. The van der Waals surface area contributed by atoms with Gasteiger partial charge in [0.1, 0.15) is 4.88 Å². The SMILES string of the molecule is CC(=O)N1[C@@H]2CN(C(=O)c3cncs3)[C@@H]3CCCC[C@H]1[C@]3(C)C2. The van der Waals surface area contributed by atoms with Gasteiger partial charge in [0.05, 0.1) is 17.7 Å². The van der Waals surface area contributed by atoms with E-state index in [4.69, 9.17) is 0 Å². The monoisotopic (exact) mass is 333 g/mol. The van der Waals surface area contributed by atoms with Crippen LogP contribution in [0.15, 0.2) is 11.7 Å². The summed E-state index contributed by atoms with van der Waals surface area (Å²) in [7, 11) is 0. The number of likely N-dealkylation sites (tertiary alicyclic amines) is 2. The lowest BCUT2D eigenvalue weighted by molar-refractivity contribution is -0.132. The summed E-state index contributed by atoms with van der Waals surface area (Å²) in [4.78, 5) is 34.2. The highest BCUT2D eigenvalue weighted by molar-refractivity contribution is 7.11. The van der Waals surface area contributed by atoms with E-state index in [1.54, 1.807) is 18.6 Å². The molecule has 1 aromatic heterocycles. The van der Waals surface area contributed by atoms with Gasteiger partial charge in [-0.15, -0.1) is 11.3 Å². The first-order valence-corrected chi connectivity index (χ1v) is 9.38. The summed E-state index contributed by atoms with van der Waals surface area (Å²) >= 11 is 1.41. The summed E-state index contributed by atoms with van der Waals surface area (Å²) in [5.74, 6) is 0.260. The van der Waals surface area contributed by atoms with Crippen molar-refractivity contribution in [2.45, 2.75) is 64.1 Å². The van der Waals surface area contributed by atoms with Crippen LogP contribution in [-0.4, -0.2) is 51.3 Å². The topological polar surface area (TPSA) is 53.5 Å². The summed E-state index contributed by atoms with van der Waals surface area (Å²) < 4.78 is 0. The largest absolute Gasteiger partial charge is 0.335 e. The Morgan fingerprint density at radius 2 is 2.04 bits per heavy atom. The molecule has 4 atom stereocenters. The van der Waals surface area contributed by atoms with Crippen molar-refractivity contribution in [2.75, 3.05) is 6.54 Å². The quantitative estimate of drug-likeness (QED) is 0.793. The fraction of sp³-hybridized carbons (Fsp3) is 0.706. The van der Waals surface area contributed by atoms with Crippen molar-refractivity contribution in [3.8, 4) is 0 Å². The lowest BCUT2D eigenvalue weighted by atomic mass is 9.71. The van der Waals surface area contributed by atoms with Gasteiger partial charge in [-0.2, -0.15) is 0 Å². The molecule has 1 aromatic rings. The van der Waals surface area contributed by atoms with Crippen LogP contribution in [0.5, 0.6) is 0 Å². The zero-order valence-corrected chi connectivity index (χ0v) is 14.5. The minimum atomic E-state index is 0.0332. The Hall–Kier alpha value is -1.43. The summed E-state index contributed by atoms with van der Waals surface area (Å²) in [6, 6.07) is 0.704. The Labute approximate surface area is 140 Å². The molecule has 1 aliphatic carbocycles. The maximum absolute atomic E-state index is 13.0. The second-order valence-corrected chi connectivity index (χ2v) is 8.32. The van der Waals surface area contributed by atoms with Crippen LogP contribution in [-0.2, 0) is 4.79 Å². The van der Waals surface area contributed by atoms with E-state index in [0.29, 0.717) is 11.4 Å². The Morgan fingerprint density at radius 3 is 2.70 bits per heavy atom. The van der Waals surface area contributed by atoms with Crippen molar-refractivity contribution in [2.24, 2.45) is 5.41 Å². The van der Waals surface area contributed by atoms with Crippen molar-refractivity contribution in [3.05, 3.63) is 16.6 Å². The van der Waals surface area contributed by atoms with Crippen LogP contribution in [0.4, 0.5) is 0 Å². The fourth-order valence-electron chi connectivity index (χ4n) is 5.33. The number of aromatic nitrogens is 1. The number of nitrogens with zero attached hydrogens (tertiary/aromatic N) is 3. The maximum atomic E-state index is 13.0. The number of amides is 2. The van der Waals surface area contributed by atoms with Crippen LogP contribution >= 0.6 is 11.3 Å². The highest BCUT2D eigenvalue weighted by Gasteiger charge is 2.60. The van der Waals surface area contributed by atoms with Crippen molar-refractivity contribution in [3.63, 3.8) is 0 Å². The normalized spacial score (nSPS) is 36.0. The van der Waals surface area contributed by atoms with E-state index in [2.05, 4.69) is 21.7 Å². The molecule has 23 heavy (non-hydrogen) atoms. The van der Waals surface area contributed by atoms with E-state index < -0.39 is 0 Å². The van der Waals surface area contributed by atoms with Crippen LogP contribution < -0.4 is 0 Å². The second-order valence-electron chi connectivity index (χ2n) is 7.43. The molecule has 0 N–H and O–H groups in total. The molecule has 2 saturated heterocycles. The molecule has 3 heterocycles. The first-order valence-electron chi connectivity index (χ1n) is 8.51. The number of piperidine rings is 1. The molecule has 0 aromatic carbocycles. The Bertz CT molecular complexity index is 632. The molecule has 3 fully saturated rings. The average Bonchev–Trinajstić information content (AvgIpc) is 3.07. The molecule has 0 radical (unpaired) electrons. The first-order chi connectivity index (χ1) is 11.0. The standard InChI is InChI=1S/C17H23N3O2S/c1-11(21)20-12-7-17(2)14(5-3-4-6-15(17)20)19(9-12)16(22)13-8-18-10-23-13/h8,10,12,14-15H,3-7,9H2,1-2H3/t12-,14+,15-,17+/m0/s1. The minimum absolute atomic E-state index is 0.0332. The van der Waals surface area contributed by atoms with Gasteiger partial charge in [-0.25, -0.2) is 0 Å². The van der Waals surface area contributed by atoms with Crippen LogP contribution in [0.1, 0.15) is 55.6 Å². The molecule has 2 bridgehead atoms. The third-order valence-electron chi connectivity index (χ3n) is 6.18. The highest BCUT2D eigenvalue weighted by atomic mass is 32.1. The van der Waals surface area contributed by atoms with E-state index in [1.165, 1.54) is 11.3 Å². The molecule has 3 aliphatic rings. The number of rotatable bonds is 1. The zero-order valence-electron chi connectivity index (χ0n) is 13.7. The lowest BCUT2D eigenvalue weighted by Gasteiger charge is -2.46. The Kier molecular flexibility index (Phi) is 3.48. The Morgan fingerprint density at radius 1 is 1.30 bits per heavy atom. The molecular formula is C17H23N3O2S. The molecule has 124 valence electrons. The van der Waals surface area contributed by atoms with Crippen LogP contribution in [0.25, 0.3) is 0 Å². The second kappa shape index (κ2) is 5.30. The van der Waals surface area contributed by atoms with E-state index in [0.717, 1.165) is 32.1 Å². The van der Waals surface area contributed by atoms with Crippen molar-refractivity contribution in [1.82, 2.24) is 14.8 Å². The average molecular weight is 333 g/mol. The van der Waals surface area contributed by atoms with Gasteiger partial charge in [-0.1, -0.05) is 19.8 Å². The number of hydrogen-bond donors (Lipinski definition) is 0. The molecular weight excluding hydrogens is 310 g/mol. The van der Waals surface area contributed by atoms with Crippen molar-refractivity contribution < 1.29 is 9.59 Å². The molecule has 2 amide bonds. The molecule has 4 rings (SSSR count). The van der Waals surface area contributed by atoms with Gasteiger partial charge >= 0.3 is 0 Å². The van der Waals surface area contributed by atoms with E-state index >= 15 is 0 Å². The van der Waals surface area contributed by atoms with Gasteiger partial charge in [0.15, 0.2) is 0 Å². The number of hydrogen-bond acceptors (Lipinski definition) is 4. The lowest BCUT2D eigenvalue weighted by Crippen LogP contribution is -2.55. The summed E-state index contributed by atoms with van der Waals surface area (Å²) in [5, 5.41) is 0. The van der Waals surface area contributed by atoms with E-state index in [-0.39, 0.29) is 35.4 Å². The van der Waals surface area contributed by atoms with Gasteiger partial charge in [0.25, 0.3) is 5.91 Å². The third kappa shape index (κ3) is 2.14. The molecule has 0 unspecified atom stereocenters. The van der Waals surface area contributed by atoms with Gasteiger partial charge in [0.2, 0.25) is 5.91 Å². The predicted molar refractivity (Wildman–Crippen MR) is 88.2 cm³/mol. The summed E-state index contributed by atoms with van der Waals surface area (Å²) in [6.07, 6.45) is 7.12. The molecule has 5 nitrogen and oxygen atoms in total. The summed E-state index contributed by atoms with van der Waals surface area (Å²) in [6.45, 7) is 4.65. The van der Waals surface area contributed by atoms with E-state index in [9.17, 15) is 9.59 Å². The summed E-state index contributed by atoms with van der Waals surface area (Å²) in [5.41, 5.74) is 1.75. The number of carbonyl (C=O) groups is 2. The Balaban J connectivity index is 1.74. The third-order valence-corrected chi connectivity index (χ3v) is 6.94. The maximum Gasteiger partial charge on any atom is 0.265 e. The number of fused-ring (bicyclic) bond motifs is 1. The smallest absolute Gasteiger partial charge is 0.265 e. The van der Waals surface area contributed by atoms with Crippen LogP contribution in [0.3, 0.4) is 0 Å². The molecule has 0 spiro atoms. The van der Waals surface area contributed by atoms with Gasteiger partial charge in [-0.3, -0.25) is 14.6 Å². The van der Waals surface area contributed by atoms with Gasteiger partial charge in [0, 0.05) is 31.0 Å². The molecule has 6 heteroatoms. The van der Waals surface area contributed by atoms with Crippen molar-refractivity contribution in [1.29, 1.82) is 0 Å².